The fraction of sp³-hybridized carbons (Fsp3) is 0.414. The smallest absolute Gasteiger partial charge is 0.371 e. The Morgan fingerprint density at radius 1 is 1.08 bits per heavy atom. The van der Waals surface area contributed by atoms with Crippen LogP contribution in [0.4, 0.5) is 24.5 Å². The van der Waals surface area contributed by atoms with E-state index >= 15 is 0 Å². The fourth-order valence-corrected chi connectivity index (χ4v) is 5.25. The van der Waals surface area contributed by atoms with E-state index in [-0.39, 0.29) is 29.4 Å². The zero-order valence-corrected chi connectivity index (χ0v) is 22.9. The molecule has 3 aromatic rings. The molecule has 0 spiro atoms. The molecule has 2 amide bonds. The van der Waals surface area contributed by atoms with Crippen molar-refractivity contribution in [3.63, 3.8) is 0 Å². The van der Waals surface area contributed by atoms with E-state index in [2.05, 4.69) is 15.6 Å². The number of carbonyl (C=O) groups is 2. The summed E-state index contributed by atoms with van der Waals surface area (Å²) in [7, 11) is 1.79. The topological polar surface area (TPSA) is 74.3 Å². The zero-order chi connectivity index (χ0) is 28.3. The highest BCUT2D eigenvalue weighted by Gasteiger charge is 2.35. The van der Waals surface area contributed by atoms with Gasteiger partial charge in [-0.25, -0.2) is 4.98 Å². The number of pyridine rings is 1. The summed E-state index contributed by atoms with van der Waals surface area (Å²) in [5.74, 6) is -0.247. The number of fused-ring (bicyclic) bond motifs is 1. The van der Waals surface area contributed by atoms with Gasteiger partial charge in [0.15, 0.2) is 0 Å². The first kappa shape index (κ1) is 28.7. The molecule has 1 fully saturated rings. The molecule has 4 rings (SSSR count). The van der Waals surface area contributed by atoms with E-state index in [4.69, 9.17) is 11.6 Å². The van der Waals surface area contributed by atoms with Gasteiger partial charge in [0.25, 0.3) is 5.91 Å². The van der Waals surface area contributed by atoms with Gasteiger partial charge >= 0.3 is 6.18 Å². The normalized spacial score (nSPS) is 17.6. The molecule has 0 radical (unpaired) electrons. The van der Waals surface area contributed by atoms with Gasteiger partial charge in [0, 0.05) is 52.9 Å². The molecule has 2 N–H and O–H groups in total. The molecular weight excluding hydrogens is 529 g/mol. The molecule has 208 valence electrons. The third-order valence-corrected chi connectivity index (χ3v) is 7.47. The molecule has 0 atom stereocenters. The number of aromatic nitrogens is 1. The lowest BCUT2D eigenvalue weighted by Gasteiger charge is -2.37. The van der Waals surface area contributed by atoms with Crippen molar-refractivity contribution in [2.24, 2.45) is 0 Å². The Kier molecular flexibility index (Phi) is 8.69. The van der Waals surface area contributed by atoms with Crippen molar-refractivity contribution < 1.29 is 22.8 Å². The fourth-order valence-electron chi connectivity index (χ4n) is 5.08. The van der Waals surface area contributed by atoms with Crippen LogP contribution in [0.5, 0.6) is 0 Å². The molecule has 0 aliphatic heterocycles. The summed E-state index contributed by atoms with van der Waals surface area (Å²) in [4.78, 5) is 30.5. The summed E-state index contributed by atoms with van der Waals surface area (Å²) >= 11 is 6.15. The van der Waals surface area contributed by atoms with E-state index in [0.717, 1.165) is 18.1 Å². The minimum atomic E-state index is -4.57. The summed E-state index contributed by atoms with van der Waals surface area (Å²) < 4.78 is 40.7. The number of nitrogens with zero attached hydrogens (tertiary/aromatic N) is 2. The van der Waals surface area contributed by atoms with Gasteiger partial charge in [-0.15, -0.1) is 0 Å². The number of nitrogens with one attached hydrogen (secondary N) is 2. The van der Waals surface area contributed by atoms with Crippen LogP contribution < -0.4 is 15.5 Å². The van der Waals surface area contributed by atoms with Crippen molar-refractivity contribution in [2.75, 3.05) is 17.3 Å². The first-order chi connectivity index (χ1) is 18.5. The Morgan fingerprint density at radius 3 is 2.44 bits per heavy atom. The number of hydrogen-bond donors (Lipinski definition) is 2. The van der Waals surface area contributed by atoms with Crippen LogP contribution in [0.3, 0.4) is 0 Å². The summed E-state index contributed by atoms with van der Waals surface area (Å²) in [5.41, 5.74) is 1.74. The van der Waals surface area contributed by atoms with Gasteiger partial charge < -0.3 is 15.5 Å². The van der Waals surface area contributed by atoms with Crippen molar-refractivity contribution in [3.8, 4) is 0 Å². The van der Waals surface area contributed by atoms with Crippen LogP contribution in [0.2, 0.25) is 5.02 Å². The molecular formula is C29H32ClF3N4O2. The average molecular weight is 561 g/mol. The monoisotopic (exact) mass is 560 g/mol. The van der Waals surface area contributed by atoms with E-state index in [9.17, 15) is 22.8 Å². The second kappa shape index (κ2) is 11.8. The van der Waals surface area contributed by atoms with E-state index in [1.54, 1.807) is 31.3 Å². The SMILES string of the molecule is CCCC(=O)Nc1ccc(C(=O)N[C@H]2CC[C@@H](N(C)c3cc(C(F)(F)F)nc4ccc(Cl)cc34)CC2)cc1C. The van der Waals surface area contributed by atoms with E-state index in [0.29, 0.717) is 59.5 Å². The maximum Gasteiger partial charge on any atom is 0.433 e. The Labute approximate surface area is 230 Å². The maximum absolute atomic E-state index is 13.6. The Morgan fingerprint density at radius 2 is 1.79 bits per heavy atom. The Bertz CT molecular complexity index is 1370. The summed E-state index contributed by atoms with van der Waals surface area (Å²) in [6.45, 7) is 3.78. The van der Waals surface area contributed by atoms with Gasteiger partial charge in [0.2, 0.25) is 5.91 Å². The van der Waals surface area contributed by atoms with Gasteiger partial charge in [0.1, 0.15) is 5.69 Å². The quantitative estimate of drug-likeness (QED) is 0.322. The lowest BCUT2D eigenvalue weighted by atomic mass is 9.89. The predicted octanol–water partition coefficient (Wildman–Crippen LogP) is 7.13. The van der Waals surface area contributed by atoms with Gasteiger partial charge in [-0.2, -0.15) is 13.2 Å². The number of halogens is 4. The standard InChI is InChI=1S/C29H32ClF3N4O2/c1-4-5-27(38)36-23-12-6-18(14-17(23)2)28(39)34-20-8-10-21(11-9-20)37(3)25-16-26(29(31,32)33)35-24-13-7-19(30)15-22(24)25/h6-7,12-16,20-21H,4-5,8-11H2,1-3H3,(H,34,39)(H,36,38)/t20-,21+. The van der Waals surface area contributed by atoms with Crippen LogP contribution in [0, 0.1) is 6.92 Å². The van der Waals surface area contributed by atoms with Crippen molar-refractivity contribution in [2.45, 2.75) is 70.6 Å². The average Bonchev–Trinajstić information content (AvgIpc) is 2.89. The predicted molar refractivity (Wildman–Crippen MR) is 148 cm³/mol. The molecule has 6 nitrogen and oxygen atoms in total. The molecule has 2 aromatic carbocycles. The van der Waals surface area contributed by atoms with Crippen LogP contribution in [0.1, 0.15) is 67.1 Å². The van der Waals surface area contributed by atoms with Crippen molar-refractivity contribution in [1.82, 2.24) is 10.3 Å². The number of alkyl halides is 3. The Hall–Kier alpha value is -3.33. The molecule has 0 unspecified atom stereocenters. The molecule has 1 aliphatic rings. The van der Waals surface area contributed by atoms with Crippen molar-refractivity contribution >= 4 is 45.7 Å². The largest absolute Gasteiger partial charge is 0.433 e. The van der Waals surface area contributed by atoms with Crippen LogP contribution in [-0.4, -0.2) is 35.9 Å². The number of amides is 2. The highest BCUT2D eigenvalue weighted by atomic mass is 35.5. The van der Waals surface area contributed by atoms with Crippen LogP contribution in [-0.2, 0) is 11.0 Å². The maximum atomic E-state index is 13.6. The van der Waals surface area contributed by atoms with E-state index < -0.39 is 11.9 Å². The number of anilines is 2. The van der Waals surface area contributed by atoms with E-state index in [1.807, 2.05) is 18.7 Å². The molecule has 39 heavy (non-hydrogen) atoms. The molecule has 1 aliphatic carbocycles. The minimum Gasteiger partial charge on any atom is -0.371 e. The summed E-state index contributed by atoms with van der Waals surface area (Å²) in [5, 5.41) is 6.95. The second-order valence-corrected chi connectivity index (χ2v) is 10.5. The molecule has 10 heteroatoms. The lowest BCUT2D eigenvalue weighted by Crippen LogP contribution is -2.43. The first-order valence-electron chi connectivity index (χ1n) is 13.1. The third-order valence-electron chi connectivity index (χ3n) is 7.24. The number of rotatable bonds is 7. The lowest BCUT2D eigenvalue weighted by molar-refractivity contribution is -0.140. The van der Waals surface area contributed by atoms with Gasteiger partial charge in [-0.05, 0) is 87.1 Å². The van der Waals surface area contributed by atoms with Crippen molar-refractivity contribution in [3.05, 3.63) is 64.3 Å². The molecule has 1 aromatic heterocycles. The number of hydrogen-bond acceptors (Lipinski definition) is 4. The molecule has 1 saturated carbocycles. The van der Waals surface area contributed by atoms with Crippen LogP contribution in [0.25, 0.3) is 10.9 Å². The van der Waals surface area contributed by atoms with Gasteiger partial charge in [0.05, 0.1) is 5.52 Å². The number of aryl methyl sites for hydroxylation is 1. The molecule has 1 heterocycles. The highest BCUT2D eigenvalue weighted by molar-refractivity contribution is 6.31. The summed E-state index contributed by atoms with van der Waals surface area (Å²) in [6, 6.07) is 10.9. The highest BCUT2D eigenvalue weighted by Crippen LogP contribution is 2.37. The minimum absolute atomic E-state index is 0.00271. The molecule has 0 bridgehead atoms. The Balaban J connectivity index is 1.42. The van der Waals surface area contributed by atoms with Crippen LogP contribution >= 0.6 is 11.6 Å². The van der Waals surface area contributed by atoms with E-state index in [1.165, 1.54) is 12.1 Å². The second-order valence-electron chi connectivity index (χ2n) is 10.1. The number of benzene rings is 2. The number of carbonyl (C=O) groups excluding carboxylic acids is 2. The summed E-state index contributed by atoms with van der Waals surface area (Å²) in [6.07, 6.45) is -0.576. The third kappa shape index (κ3) is 6.82. The zero-order valence-electron chi connectivity index (χ0n) is 22.2. The van der Waals surface area contributed by atoms with Crippen molar-refractivity contribution in [1.29, 1.82) is 0 Å². The van der Waals surface area contributed by atoms with Gasteiger partial charge in [-0.3, -0.25) is 9.59 Å². The van der Waals surface area contributed by atoms with Gasteiger partial charge in [-0.1, -0.05) is 18.5 Å². The molecule has 0 saturated heterocycles. The first-order valence-corrected chi connectivity index (χ1v) is 13.5. The van der Waals surface area contributed by atoms with Crippen LogP contribution in [0.15, 0.2) is 42.5 Å².